The molecule has 1 amide bonds. The van der Waals surface area contributed by atoms with Crippen molar-refractivity contribution < 1.29 is 4.79 Å². The summed E-state index contributed by atoms with van der Waals surface area (Å²) in [6.45, 7) is 5.77. The Bertz CT molecular complexity index is 1200. The molecule has 6 nitrogen and oxygen atoms in total. The summed E-state index contributed by atoms with van der Waals surface area (Å²) in [6, 6.07) is 13.1. The molecule has 0 radical (unpaired) electrons. The highest BCUT2D eigenvalue weighted by molar-refractivity contribution is 5.97. The van der Waals surface area contributed by atoms with E-state index in [2.05, 4.69) is 70.3 Å². The fourth-order valence-electron chi connectivity index (χ4n) is 5.62. The fraction of sp³-hybridized carbons (Fsp3) is 0.483. The van der Waals surface area contributed by atoms with Gasteiger partial charge in [-0.2, -0.15) is 0 Å². The smallest absolute Gasteiger partial charge is 0.254 e. The first-order chi connectivity index (χ1) is 17.0. The second-order valence-corrected chi connectivity index (χ2v) is 10.2. The molecule has 6 heteroatoms. The van der Waals surface area contributed by atoms with E-state index in [-0.39, 0.29) is 5.91 Å². The lowest BCUT2D eigenvalue weighted by atomic mass is 9.77. The largest absolute Gasteiger partial charge is 0.388 e. The molecule has 0 bridgehead atoms. The Morgan fingerprint density at radius 3 is 2.31 bits per heavy atom. The number of benzene rings is 2. The van der Waals surface area contributed by atoms with Gasteiger partial charge in [0.2, 0.25) is 0 Å². The van der Waals surface area contributed by atoms with Gasteiger partial charge in [-0.05, 0) is 79.3 Å². The third-order valence-corrected chi connectivity index (χ3v) is 8.15. The van der Waals surface area contributed by atoms with Crippen LogP contribution in [-0.4, -0.2) is 45.7 Å². The SMILES string of the molecule is CCc1nnc(-c2cc(C(=O)N3CCC(c4ccc(NC)cc4)CC3)c(C)cc2C2CCC2)n1C. The summed E-state index contributed by atoms with van der Waals surface area (Å²) in [5.41, 5.74) is 6.79. The van der Waals surface area contributed by atoms with Gasteiger partial charge in [-0.15, -0.1) is 10.2 Å². The number of piperidine rings is 1. The lowest BCUT2D eigenvalue weighted by molar-refractivity contribution is 0.0712. The third kappa shape index (κ3) is 4.46. The first-order valence-corrected chi connectivity index (χ1v) is 13.1. The number of hydrogen-bond acceptors (Lipinski definition) is 4. The molecular formula is C29H37N5O. The van der Waals surface area contributed by atoms with E-state index in [4.69, 9.17) is 0 Å². The maximum atomic E-state index is 13.7. The standard InChI is InChI=1S/C29H37N5O/c1-5-27-31-32-28(33(27)4)26-18-24(19(2)17-25(26)22-7-6-8-22)29(35)34-15-13-21(14-16-34)20-9-11-23(30-3)12-10-20/h9-12,17-18,21-22,30H,5-8,13-16H2,1-4H3. The van der Waals surface area contributed by atoms with Crippen LogP contribution in [0.4, 0.5) is 5.69 Å². The van der Waals surface area contributed by atoms with Gasteiger partial charge in [0.1, 0.15) is 5.82 Å². The lowest BCUT2D eigenvalue weighted by Gasteiger charge is -2.33. The minimum atomic E-state index is 0.144. The molecule has 1 saturated heterocycles. The van der Waals surface area contributed by atoms with E-state index < -0.39 is 0 Å². The van der Waals surface area contributed by atoms with Crippen LogP contribution >= 0.6 is 0 Å². The number of nitrogens with zero attached hydrogens (tertiary/aromatic N) is 4. The van der Waals surface area contributed by atoms with Crippen LogP contribution in [-0.2, 0) is 13.5 Å². The zero-order valence-corrected chi connectivity index (χ0v) is 21.5. The van der Waals surface area contributed by atoms with Gasteiger partial charge < -0.3 is 14.8 Å². The number of carbonyl (C=O) groups is 1. The van der Waals surface area contributed by atoms with E-state index in [1.807, 2.05) is 19.0 Å². The lowest BCUT2D eigenvalue weighted by Crippen LogP contribution is -2.38. The Labute approximate surface area is 208 Å². The number of carbonyl (C=O) groups excluding carboxylic acids is 1. The summed E-state index contributed by atoms with van der Waals surface area (Å²) in [4.78, 5) is 15.8. The first-order valence-electron chi connectivity index (χ1n) is 13.1. The molecule has 0 spiro atoms. The number of anilines is 1. The minimum absolute atomic E-state index is 0.144. The van der Waals surface area contributed by atoms with Crippen LogP contribution in [0.1, 0.15) is 83.7 Å². The van der Waals surface area contributed by atoms with Crippen LogP contribution in [0.25, 0.3) is 11.4 Å². The topological polar surface area (TPSA) is 63.1 Å². The van der Waals surface area contributed by atoms with Crippen molar-refractivity contribution >= 4 is 11.6 Å². The van der Waals surface area contributed by atoms with Crippen LogP contribution in [0.15, 0.2) is 36.4 Å². The van der Waals surface area contributed by atoms with Crippen molar-refractivity contribution in [3.05, 3.63) is 64.5 Å². The molecule has 1 aliphatic heterocycles. The maximum absolute atomic E-state index is 13.7. The Hall–Kier alpha value is -3.15. The minimum Gasteiger partial charge on any atom is -0.388 e. The zero-order valence-electron chi connectivity index (χ0n) is 21.5. The predicted molar refractivity (Wildman–Crippen MR) is 141 cm³/mol. The number of aryl methyl sites for hydroxylation is 2. The molecule has 5 rings (SSSR count). The van der Waals surface area contributed by atoms with Crippen LogP contribution in [0.5, 0.6) is 0 Å². The number of nitrogens with one attached hydrogen (secondary N) is 1. The van der Waals surface area contributed by atoms with Crippen molar-refractivity contribution in [1.82, 2.24) is 19.7 Å². The summed E-state index contributed by atoms with van der Waals surface area (Å²) >= 11 is 0. The average molecular weight is 472 g/mol. The monoisotopic (exact) mass is 471 g/mol. The number of amides is 1. The molecule has 1 saturated carbocycles. The van der Waals surface area contributed by atoms with E-state index in [9.17, 15) is 4.79 Å². The molecule has 184 valence electrons. The number of rotatable bonds is 6. The summed E-state index contributed by atoms with van der Waals surface area (Å²) in [7, 11) is 3.98. The van der Waals surface area contributed by atoms with Crippen molar-refractivity contribution in [2.24, 2.45) is 7.05 Å². The molecule has 3 aromatic rings. The molecule has 35 heavy (non-hydrogen) atoms. The summed E-state index contributed by atoms with van der Waals surface area (Å²) in [6.07, 6.45) is 6.53. The number of hydrogen-bond donors (Lipinski definition) is 1. The molecule has 2 aliphatic rings. The van der Waals surface area contributed by atoms with Gasteiger partial charge in [0, 0.05) is 50.4 Å². The van der Waals surface area contributed by atoms with Crippen LogP contribution < -0.4 is 5.32 Å². The Morgan fingerprint density at radius 1 is 1.03 bits per heavy atom. The predicted octanol–water partition coefficient (Wildman–Crippen LogP) is 5.68. The van der Waals surface area contributed by atoms with Gasteiger partial charge in [-0.25, -0.2) is 0 Å². The normalized spacial score (nSPS) is 16.9. The quantitative estimate of drug-likeness (QED) is 0.502. The summed E-state index contributed by atoms with van der Waals surface area (Å²) < 4.78 is 2.09. The van der Waals surface area contributed by atoms with E-state index in [0.29, 0.717) is 11.8 Å². The van der Waals surface area contributed by atoms with Crippen molar-refractivity contribution in [2.75, 3.05) is 25.5 Å². The molecule has 2 aromatic carbocycles. The third-order valence-electron chi connectivity index (χ3n) is 8.15. The van der Waals surface area contributed by atoms with Crippen LogP contribution in [0, 0.1) is 6.92 Å². The van der Waals surface area contributed by atoms with Gasteiger partial charge in [0.05, 0.1) is 0 Å². The highest BCUT2D eigenvalue weighted by Gasteiger charge is 2.29. The molecule has 2 heterocycles. The summed E-state index contributed by atoms with van der Waals surface area (Å²) in [5.74, 6) is 3.05. The van der Waals surface area contributed by atoms with Gasteiger partial charge in [0.15, 0.2) is 5.82 Å². The highest BCUT2D eigenvalue weighted by Crippen LogP contribution is 2.42. The summed E-state index contributed by atoms with van der Waals surface area (Å²) in [5, 5.41) is 12.1. The van der Waals surface area contributed by atoms with Crippen LogP contribution in [0.3, 0.4) is 0 Å². The first kappa shape index (κ1) is 23.6. The Morgan fingerprint density at radius 2 is 1.74 bits per heavy atom. The van der Waals surface area contributed by atoms with Gasteiger partial charge in [0.25, 0.3) is 5.91 Å². The van der Waals surface area contributed by atoms with E-state index in [0.717, 1.165) is 66.4 Å². The molecule has 0 unspecified atom stereocenters. The van der Waals surface area contributed by atoms with E-state index >= 15 is 0 Å². The molecule has 1 N–H and O–H groups in total. The Kier molecular flexibility index (Phi) is 6.63. The van der Waals surface area contributed by atoms with Gasteiger partial charge in [-0.3, -0.25) is 4.79 Å². The molecule has 0 atom stereocenters. The van der Waals surface area contributed by atoms with Gasteiger partial charge in [-0.1, -0.05) is 31.5 Å². The van der Waals surface area contributed by atoms with Crippen molar-refractivity contribution in [3.8, 4) is 11.4 Å². The molecule has 2 fully saturated rings. The van der Waals surface area contributed by atoms with Crippen molar-refractivity contribution in [1.29, 1.82) is 0 Å². The average Bonchev–Trinajstić information content (AvgIpc) is 3.23. The molecular weight excluding hydrogens is 434 g/mol. The second-order valence-electron chi connectivity index (χ2n) is 10.2. The zero-order chi connectivity index (χ0) is 24.5. The fourth-order valence-corrected chi connectivity index (χ4v) is 5.62. The Balaban J connectivity index is 1.39. The molecule has 1 aliphatic carbocycles. The van der Waals surface area contributed by atoms with E-state index in [1.165, 1.54) is 30.4 Å². The van der Waals surface area contributed by atoms with Gasteiger partial charge >= 0.3 is 0 Å². The number of likely N-dealkylation sites (tertiary alicyclic amines) is 1. The maximum Gasteiger partial charge on any atom is 0.254 e. The van der Waals surface area contributed by atoms with E-state index in [1.54, 1.807) is 0 Å². The van der Waals surface area contributed by atoms with Crippen molar-refractivity contribution in [2.45, 2.75) is 64.2 Å². The molecule has 1 aromatic heterocycles. The van der Waals surface area contributed by atoms with Crippen LogP contribution in [0.2, 0.25) is 0 Å². The second kappa shape index (κ2) is 9.84. The van der Waals surface area contributed by atoms with Crippen molar-refractivity contribution in [3.63, 3.8) is 0 Å². The highest BCUT2D eigenvalue weighted by atomic mass is 16.2. The number of aromatic nitrogens is 3.